The summed E-state index contributed by atoms with van der Waals surface area (Å²) in [5, 5.41) is 0. The number of carbonyl (C=O) groups excluding carboxylic acids is 3. The lowest BCUT2D eigenvalue weighted by Gasteiger charge is -2.18. The summed E-state index contributed by atoms with van der Waals surface area (Å²) in [5.41, 5.74) is 0. The van der Waals surface area contributed by atoms with Gasteiger partial charge in [0.15, 0.2) is 6.10 Å². The maximum absolute atomic E-state index is 12.8. The molecule has 6 heteroatoms. The van der Waals surface area contributed by atoms with Crippen molar-refractivity contribution in [1.82, 2.24) is 0 Å². The fourth-order valence-corrected chi connectivity index (χ4v) is 6.95. The first kappa shape index (κ1) is 56.4. The van der Waals surface area contributed by atoms with Crippen molar-refractivity contribution in [2.75, 3.05) is 13.2 Å². The lowest BCUT2D eigenvalue weighted by atomic mass is 10.1. The van der Waals surface area contributed by atoms with Crippen molar-refractivity contribution in [3.8, 4) is 0 Å². The Morgan fingerprint density at radius 1 is 0.339 bits per heavy atom. The third-order valence-electron chi connectivity index (χ3n) is 10.8. The molecule has 0 aliphatic carbocycles. The number of unbranched alkanes of at least 4 members (excludes halogenated alkanes) is 27. The predicted octanol–water partition coefficient (Wildman–Crippen LogP) is 16.3. The van der Waals surface area contributed by atoms with Gasteiger partial charge in [0.1, 0.15) is 13.2 Å². The van der Waals surface area contributed by atoms with Crippen molar-refractivity contribution in [2.24, 2.45) is 0 Å². The van der Waals surface area contributed by atoms with E-state index in [9.17, 15) is 14.4 Å². The van der Waals surface area contributed by atoms with Crippen molar-refractivity contribution >= 4 is 17.9 Å². The summed E-state index contributed by atoms with van der Waals surface area (Å²) in [7, 11) is 0. The molecule has 0 bridgehead atoms. The van der Waals surface area contributed by atoms with E-state index in [0.717, 1.165) is 89.9 Å². The van der Waals surface area contributed by atoms with Gasteiger partial charge in [-0.15, -0.1) is 0 Å². The highest BCUT2D eigenvalue weighted by Crippen LogP contribution is 2.13. The summed E-state index contributed by atoms with van der Waals surface area (Å²) >= 11 is 0. The Hall–Kier alpha value is -2.63. The van der Waals surface area contributed by atoms with Crippen LogP contribution in [0.2, 0.25) is 0 Å². The van der Waals surface area contributed by atoms with Gasteiger partial charge in [-0.1, -0.05) is 185 Å². The Morgan fingerprint density at radius 2 is 0.610 bits per heavy atom. The largest absolute Gasteiger partial charge is 0.462 e. The highest BCUT2D eigenvalue weighted by atomic mass is 16.6. The Labute approximate surface area is 365 Å². The molecule has 0 aliphatic rings. The third-order valence-corrected chi connectivity index (χ3v) is 10.8. The minimum atomic E-state index is -0.789. The van der Waals surface area contributed by atoms with Gasteiger partial charge in [-0.3, -0.25) is 14.4 Å². The molecule has 0 N–H and O–H groups in total. The van der Waals surface area contributed by atoms with Crippen LogP contribution < -0.4 is 0 Å². The summed E-state index contributed by atoms with van der Waals surface area (Å²) in [5.74, 6) is -0.929. The summed E-state index contributed by atoms with van der Waals surface area (Å²) in [6, 6.07) is 0. The number of carbonyl (C=O) groups is 3. The SMILES string of the molecule is CCCCC/C=C\C=C/CCCCCCCCC(=O)OCC(COC(=O)CCCCC/C=C\CCCCCCCC)OC(=O)CCCCC/C=C\CCCCCCCC. The lowest BCUT2D eigenvalue weighted by Crippen LogP contribution is -2.30. The molecule has 6 nitrogen and oxygen atoms in total. The first-order valence-corrected chi connectivity index (χ1v) is 25.2. The molecule has 0 amide bonds. The molecule has 59 heavy (non-hydrogen) atoms. The average Bonchev–Trinajstić information content (AvgIpc) is 3.23. The van der Waals surface area contributed by atoms with Gasteiger partial charge in [0.05, 0.1) is 0 Å². The van der Waals surface area contributed by atoms with E-state index in [2.05, 4.69) is 69.4 Å². The zero-order valence-corrected chi connectivity index (χ0v) is 39.0. The summed E-state index contributed by atoms with van der Waals surface area (Å²) < 4.78 is 16.7. The van der Waals surface area contributed by atoms with Crippen molar-refractivity contribution in [1.29, 1.82) is 0 Å². The van der Waals surface area contributed by atoms with Crippen LogP contribution in [0.3, 0.4) is 0 Å². The Morgan fingerprint density at radius 3 is 1.00 bits per heavy atom. The van der Waals surface area contributed by atoms with E-state index in [-0.39, 0.29) is 31.1 Å². The van der Waals surface area contributed by atoms with Gasteiger partial charge in [-0.25, -0.2) is 0 Å². The Balaban J connectivity index is 4.43. The molecule has 0 rings (SSSR count). The number of esters is 3. The van der Waals surface area contributed by atoms with Crippen molar-refractivity contribution in [3.63, 3.8) is 0 Å². The molecule has 0 heterocycles. The normalized spacial score (nSPS) is 12.4. The van der Waals surface area contributed by atoms with Crippen molar-refractivity contribution < 1.29 is 28.6 Å². The van der Waals surface area contributed by atoms with Gasteiger partial charge in [0.2, 0.25) is 0 Å². The van der Waals surface area contributed by atoms with Crippen LogP contribution in [-0.4, -0.2) is 37.2 Å². The zero-order valence-electron chi connectivity index (χ0n) is 39.0. The number of allylic oxidation sites excluding steroid dienone is 8. The first-order chi connectivity index (χ1) is 29.0. The van der Waals surface area contributed by atoms with Crippen LogP contribution in [0.4, 0.5) is 0 Å². The summed E-state index contributed by atoms with van der Waals surface area (Å²) in [6.45, 7) is 6.56. The molecule has 0 aromatic carbocycles. The van der Waals surface area contributed by atoms with Gasteiger partial charge in [0, 0.05) is 19.3 Å². The highest BCUT2D eigenvalue weighted by Gasteiger charge is 2.19. The number of rotatable bonds is 45. The van der Waals surface area contributed by atoms with E-state index in [1.165, 1.54) is 122 Å². The minimum absolute atomic E-state index is 0.0895. The van der Waals surface area contributed by atoms with Crippen LogP contribution >= 0.6 is 0 Å². The molecule has 0 aliphatic heterocycles. The fourth-order valence-electron chi connectivity index (χ4n) is 6.95. The number of hydrogen-bond donors (Lipinski definition) is 0. The van der Waals surface area contributed by atoms with Gasteiger partial charge >= 0.3 is 17.9 Å². The second-order valence-corrected chi connectivity index (χ2v) is 16.7. The van der Waals surface area contributed by atoms with Gasteiger partial charge < -0.3 is 14.2 Å². The van der Waals surface area contributed by atoms with Crippen molar-refractivity contribution in [3.05, 3.63) is 48.6 Å². The molecular formula is C53H94O6. The van der Waals surface area contributed by atoms with Gasteiger partial charge in [0.25, 0.3) is 0 Å². The predicted molar refractivity (Wildman–Crippen MR) is 252 cm³/mol. The van der Waals surface area contributed by atoms with Crippen molar-refractivity contribution in [2.45, 2.75) is 258 Å². The van der Waals surface area contributed by atoms with Gasteiger partial charge in [-0.05, 0) is 96.3 Å². The standard InChI is InChI=1S/C53H94O6/c1-4-7-10-13-16-19-22-25-26-29-31-34-37-40-43-46-52(55)58-49-50(59-53(56)47-44-41-38-35-32-28-24-21-18-15-12-9-6-3)48-57-51(54)45-42-39-36-33-30-27-23-20-17-14-11-8-5-2/h16,19,22,25,27-28,30,32,50H,4-15,17-18,20-21,23-24,26,29,31,33-49H2,1-3H3/b19-16-,25-22-,30-27-,32-28-. The molecule has 0 fully saturated rings. The molecule has 0 radical (unpaired) electrons. The molecule has 0 saturated heterocycles. The molecule has 1 unspecified atom stereocenters. The molecule has 342 valence electrons. The lowest BCUT2D eigenvalue weighted by molar-refractivity contribution is -0.167. The number of ether oxygens (including phenoxy) is 3. The average molecular weight is 827 g/mol. The fraction of sp³-hybridized carbons (Fsp3) is 0.792. The molecular weight excluding hydrogens is 733 g/mol. The van der Waals surface area contributed by atoms with E-state index in [1.54, 1.807) is 0 Å². The monoisotopic (exact) mass is 827 g/mol. The van der Waals surface area contributed by atoms with Gasteiger partial charge in [-0.2, -0.15) is 0 Å². The molecule has 0 aromatic heterocycles. The maximum Gasteiger partial charge on any atom is 0.306 e. The van der Waals surface area contributed by atoms with E-state index in [4.69, 9.17) is 14.2 Å². The van der Waals surface area contributed by atoms with Crippen LogP contribution in [0.1, 0.15) is 252 Å². The maximum atomic E-state index is 12.8. The quantitative estimate of drug-likeness (QED) is 0.0200. The van der Waals surface area contributed by atoms with E-state index in [0.29, 0.717) is 19.3 Å². The van der Waals surface area contributed by atoms with E-state index in [1.807, 2.05) is 0 Å². The zero-order chi connectivity index (χ0) is 43.0. The van der Waals surface area contributed by atoms with Crippen LogP contribution in [-0.2, 0) is 28.6 Å². The third kappa shape index (κ3) is 46.3. The molecule has 0 spiro atoms. The Bertz CT molecular complexity index is 1040. The second-order valence-electron chi connectivity index (χ2n) is 16.7. The summed E-state index contributed by atoms with van der Waals surface area (Å²) in [4.78, 5) is 37.9. The molecule has 0 aromatic rings. The minimum Gasteiger partial charge on any atom is -0.462 e. The summed E-state index contributed by atoms with van der Waals surface area (Å²) in [6.07, 6.45) is 56.6. The Kier molecular flexibility index (Phi) is 45.9. The highest BCUT2D eigenvalue weighted by molar-refractivity contribution is 5.71. The molecule has 0 saturated carbocycles. The van der Waals surface area contributed by atoms with Crippen LogP contribution in [0.5, 0.6) is 0 Å². The van der Waals surface area contributed by atoms with E-state index < -0.39 is 6.10 Å². The topological polar surface area (TPSA) is 78.9 Å². The number of hydrogen-bond acceptors (Lipinski definition) is 6. The van der Waals surface area contributed by atoms with Crippen LogP contribution in [0.15, 0.2) is 48.6 Å². The second kappa shape index (κ2) is 48.0. The molecule has 1 atom stereocenters. The van der Waals surface area contributed by atoms with Crippen LogP contribution in [0, 0.1) is 0 Å². The van der Waals surface area contributed by atoms with Crippen LogP contribution in [0.25, 0.3) is 0 Å². The van der Waals surface area contributed by atoms with E-state index >= 15 is 0 Å². The first-order valence-electron chi connectivity index (χ1n) is 25.2. The smallest absolute Gasteiger partial charge is 0.306 e.